The minimum atomic E-state index is -0.958. The number of nitrogens with zero attached hydrogens (tertiary/aromatic N) is 2. The average Bonchev–Trinajstić information content (AvgIpc) is 2.96. The maximum Gasteiger partial charge on any atom is 0.404 e. The average molecular weight is 305 g/mol. The lowest BCUT2D eigenvalue weighted by Crippen LogP contribution is -2.48. The predicted octanol–water partition coefficient (Wildman–Crippen LogP) is 2.29. The van der Waals surface area contributed by atoms with Crippen LogP contribution in [0.1, 0.15) is 44.2 Å². The van der Waals surface area contributed by atoms with E-state index in [9.17, 15) is 9.90 Å². The number of aromatic hydroxyl groups is 1. The molecule has 0 bridgehead atoms. The zero-order chi connectivity index (χ0) is 15.6. The zero-order valence-electron chi connectivity index (χ0n) is 12.7. The Hall–Kier alpha value is -1.82. The Bertz CT molecular complexity index is 543. The highest BCUT2D eigenvalue weighted by atomic mass is 16.4. The van der Waals surface area contributed by atoms with E-state index >= 15 is 0 Å². The third-order valence-corrected chi connectivity index (χ3v) is 5.02. The molecular formula is C16H23N3O3. The van der Waals surface area contributed by atoms with Crippen molar-refractivity contribution in [1.29, 1.82) is 0 Å². The van der Waals surface area contributed by atoms with Crippen molar-refractivity contribution in [3.05, 3.63) is 24.0 Å². The standard InChI is InChI=1S/C16H23N3O3/c20-13-4-8-17-14(10-13)16(6-2-1-3-7-16)19-9-5-12(11-19)18-15(21)22/h4,8,10,12,18H,1-3,5-7,9,11H2,(H,17,20)(H,21,22)/t12-/m1/s1. The lowest BCUT2D eigenvalue weighted by Gasteiger charge is -2.44. The second kappa shape index (κ2) is 6.12. The van der Waals surface area contributed by atoms with Gasteiger partial charge in [0.15, 0.2) is 0 Å². The van der Waals surface area contributed by atoms with Gasteiger partial charge in [-0.25, -0.2) is 4.79 Å². The molecule has 1 aromatic rings. The van der Waals surface area contributed by atoms with Crippen molar-refractivity contribution < 1.29 is 15.0 Å². The number of carbonyl (C=O) groups is 1. The molecule has 3 rings (SSSR count). The van der Waals surface area contributed by atoms with Gasteiger partial charge < -0.3 is 15.5 Å². The summed E-state index contributed by atoms with van der Waals surface area (Å²) in [6, 6.07) is 3.34. The van der Waals surface area contributed by atoms with Crippen LogP contribution in [0.5, 0.6) is 5.75 Å². The van der Waals surface area contributed by atoms with Gasteiger partial charge in [0.25, 0.3) is 0 Å². The predicted molar refractivity (Wildman–Crippen MR) is 81.8 cm³/mol. The molecule has 1 amide bonds. The Labute approximate surface area is 130 Å². The smallest absolute Gasteiger partial charge is 0.404 e. The number of nitrogens with one attached hydrogen (secondary N) is 1. The molecule has 0 spiro atoms. The molecule has 1 aromatic heterocycles. The minimum absolute atomic E-state index is 0.0198. The molecule has 6 nitrogen and oxygen atoms in total. The Morgan fingerprint density at radius 3 is 2.82 bits per heavy atom. The molecule has 1 aliphatic carbocycles. The van der Waals surface area contributed by atoms with Gasteiger partial charge in [0, 0.05) is 31.4 Å². The van der Waals surface area contributed by atoms with Crippen LogP contribution in [0.15, 0.2) is 18.3 Å². The molecular weight excluding hydrogens is 282 g/mol. The summed E-state index contributed by atoms with van der Waals surface area (Å²) in [6.45, 7) is 1.58. The van der Waals surface area contributed by atoms with Crippen LogP contribution >= 0.6 is 0 Å². The Morgan fingerprint density at radius 2 is 2.14 bits per heavy atom. The van der Waals surface area contributed by atoms with Crippen LogP contribution in [0, 0.1) is 0 Å². The highest BCUT2D eigenvalue weighted by molar-refractivity contribution is 5.64. The molecule has 3 N–H and O–H groups in total. The summed E-state index contributed by atoms with van der Waals surface area (Å²) < 4.78 is 0. The van der Waals surface area contributed by atoms with Gasteiger partial charge in [0.05, 0.1) is 11.2 Å². The fourth-order valence-corrected chi connectivity index (χ4v) is 3.99. The molecule has 1 saturated carbocycles. The van der Waals surface area contributed by atoms with Crippen LogP contribution in [-0.2, 0) is 5.54 Å². The van der Waals surface area contributed by atoms with Crippen molar-refractivity contribution in [3.63, 3.8) is 0 Å². The van der Waals surface area contributed by atoms with Crippen LogP contribution in [0.3, 0.4) is 0 Å². The molecule has 2 heterocycles. The van der Waals surface area contributed by atoms with E-state index in [0.29, 0.717) is 6.54 Å². The number of pyridine rings is 1. The third kappa shape index (κ3) is 2.88. The number of amides is 1. The topological polar surface area (TPSA) is 85.7 Å². The summed E-state index contributed by atoms with van der Waals surface area (Å²) in [5.41, 5.74) is 0.759. The number of likely N-dealkylation sites (tertiary alicyclic amines) is 1. The molecule has 0 radical (unpaired) electrons. The second-order valence-corrected chi connectivity index (χ2v) is 6.37. The molecule has 0 aromatic carbocycles. The lowest BCUT2D eigenvalue weighted by atomic mass is 9.77. The number of hydrogen-bond acceptors (Lipinski definition) is 4. The van der Waals surface area contributed by atoms with Gasteiger partial charge in [0.1, 0.15) is 5.75 Å². The minimum Gasteiger partial charge on any atom is -0.508 e. The van der Waals surface area contributed by atoms with E-state index in [1.54, 1.807) is 18.3 Å². The van der Waals surface area contributed by atoms with Crippen LogP contribution < -0.4 is 5.32 Å². The summed E-state index contributed by atoms with van der Waals surface area (Å²) in [5.74, 6) is 0.245. The monoisotopic (exact) mass is 305 g/mol. The number of hydrogen-bond donors (Lipinski definition) is 3. The fourth-order valence-electron chi connectivity index (χ4n) is 3.99. The van der Waals surface area contributed by atoms with E-state index in [2.05, 4.69) is 15.2 Å². The quantitative estimate of drug-likeness (QED) is 0.797. The van der Waals surface area contributed by atoms with Crippen molar-refractivity contribution in [2.24, 2.45) is 0 Å². The SMILES string of the molecule is O=C(O)N[C@@H]1CCN(C2(c3cc(O)ccn3)CCCCC2)C1. The molecule has 22 heavy (non-hydrogen) atoms. The Balaban J connectivity index is 1.85. The highest BCUT2D eigenvalue weighted by Crippen LogP contribution is 2.43. The normalized spacial score (nSPS) is 25.0. The van der Waals surface area contributed by atoms with Crippen LogP contribution in [0.25, 0.3) is 0 Å². The van der Waals surface area contributed by atoms with E-state index in [4.69, 9.17) is 5.11 Å². The summed E-state index contributed by atoms with van der Waals surface area (Å²) in [6.07, 6.45) is 7.07. The molecule has 2 fully saturated rings. The first-order valence-electron chi connectivity index (χ1n) is 8.00. The number of carboxylic acid groups (broad SMARTS) is 1. The summed E-state index contributed by atoms with van der Waals surface area (Å²) in [7, 11) is 0. The Morgan fingerprint density at radius 1 is 1.36 bits per heavy atom. The molecule has 1 saturated heterocycles. The summed E-state index contributed by atoms with van der Waals surface area (Å²) in [4.78, 5) is 17.8. The van der Waals surface area contributed by atoms with Crippen molar-refractivity contribution in [2.75, 3.05) is 13.1 Å². The van der Waals surface area contributed by atoms with E-state index in [1.165, 1.54) is 6.42 Å². The van der Waals surface area contributed by atoms with Gasteiger partial charge in [-0.2, -0.15) is 0 Å². The molecule has 1 aliphatic heterocycles. The first-order chi connectivity index (χ1) is 10.6. The molecule has 0 unspecified atom stereocenters. The first kappa shape index (κ1) is 15.1. The van der Waals surface area contributed by atoms with Crippen LogP contribution in [-0.4, -0.2) is 45.3 Å². The highest BCUT2D eigenvalue weighted by Gasteiger charge is 2.44. The van der Waals surface area contributed by atoms with E-state index in [0.717, 1.165) is 44.3 Å². The van der Waals surface area contributed by atoms with Gasteiger partial charge in [-0.15, -0.1) is 0 Å². The van der Waals surface area contributed by atoms with Crippen molar-refractivity contribution in [3.8, 4) is 5.75 Å². The summed E-state index contributed by atoms with van der Waals surface area (Å²) >= 11 is 0. The molecule has 6 heteroatoms. The van der Waals surface area contributed by atoms with Crippen molar-refractivity contribution >= 4 is 6.09 Å². The van der Waals surface area contributed by atoms with Crippen LogP contribution in [0.2, 0.25) is 0 Å². The Kier molecular flexibility index (Phi) is 4.20. The van der Waals surface area contributed by atoms with Crippen molar-refractivity contribution in [2.45, 2.75) is 50.1 Å². The third-order valence-electron chi connectivity index (χ3n) is 5.02. The maximum atomic E-state index is 10.9. The summed E-state index contributed by atoms with van der Waals surface area (Å²) in [5, 5.41) is 21.3. The molecule has 1 atom stereocenters. The van der Waals surface area contributed by atoms with E-state index < -0.39 is 6.09 Å². The van der Waals surface area contributed by atoms with Gasteiger partial charge in [-0.1, -0.05) is 19.3 Å². The van der Waals surface area contributed by atoms with Crippen molar-refractivity contribution in [1.82, 2.24) is 15.2 Å². The first-order valence-corrected chi connectivity index (χ1v) is 8.00. The lowest BCUT2D eigenvalue weighted by molar-refractivity contribution is 0.0638. The molecule has 2 aliphatic rings. The van der Waals surface area contributed by atoms with Crippen LogP contribution in [0.4, 0.5) is 4.79 Å². The zero-order valence-corrected chi connectivity index (χ0v) is 12.7. The maximum absolute atomic E-state index is 10.9. The fraction of sp³-hybridized carbons (Fsp3) is 0.625. The number of aromatic nitrogens is 1. The second-order valence-electron chi connectivity index (χ2n) is 6.37. The van der Waals surface area contributed by atoms with Gasteiger partial charge in [-0.3, -0.25) is 9.88 Å². The van der Waals surface area contributed by atoms with Gasteiger partial charge >= 0.3 is 6.09 Å². The van der Waals surface area contributed by atoms with Gasteiger partial charge in [-0.05, 0) is 25.3 Å². The van der Waals surface area contributed by atoms with Gasteiger partial charge in [0.2, 0.25) is 0 Å². The number of rotatable bonds is 3. The molecule has 120 valence electrons. The largest absolute Gasteiger partial charge is 0.508 e. The van der Waals surface area contributed by atoms with E-state index in [-0.39, 0.29) is 17.3 Å². The van der Waals surface area contributed by atoms with E-state index in [1.807, 2.05) is 0 Å².